The number of aliphatic hydroxyl groups is 1. The van der Waals surface area contributed by atoms with Gasteiger partial charge in [0.25, 0.3) is 35.4 Å². The summed E-state index contributed by atoms with van der Waals surface area (Å²) in [7, 11) is 1.28. The monoisotopic (exact) mass is 1770 g/mol. The van der Waals surface area contributed by atoms with Crippen molar-refractivity contribution >= 4 is 70.8 Å². The van der Waals surface area contributed by atoms with E-state index in [9.17, 15) is 48.3 Å². The van der Waals surface area contributed by atoms with Gasteiger partial charge in [0.05, 0.1) is 72.2 Å². The lowest BCUT2D eigenvalue weighted by atomic mass is 9.93. The molecular weight excluding hydrogens is 1650 g/mol. The number of fused-ring (bicyclic) bond motifs is 11. The molecule has 9 amide bonds. The number of aliphatic hydroxyl groups excluding tert-OH is 1. The molecule has 0 saturated carbocycles. The number of benzene rings is 7. The van der Waals surface area contributed by atoms with Gasteiger partial charge in [0, 0.05) is 93.8 Å². The topological polar surface area (TPSA) is 329 Å². The third-order valence-electron chi connectivity index (χ3n) is 23.9. The second-order valence-electron chi connectivity index (χ2n) is 33.1. The highest BCUT2D eigenvalue weighted by Gasteiger charge is 2.39. The summed E-state index contributed by atoms with van der Waals surface area (Å²) >= 11 is 0. The van der Waals surface area contributed by atoms with Gasteiger partial charge in [-0.15, -0.1) is 0 Å². The van der Waals surface area contributed by atoms with E-state index in [0.29, 0.717) is 152 Å². The van der Waals surface area contributed by atoms with E-state index in [1.54, 1.807) is 114 Å². The van der Waals surface area contributed by atoms with Crippen LogP contribution in [0.1, 0.15) is 227 Å². The van der Waals surface area contributed by atoms with Gasteiger partial charge in [-0.3, -0.25) is 44.7 Å². The maximum Gasteiger partial charge on any atom is 0.417 e. The van der Waals surface area contributed by atoms with Crippen molar-refractivity contribution in [2.75, 3.05) is 88.8 Å². The fourth-order valence-corrected chi connectivity index (χ4v) is 16.7. The van der Waals surface area contributed by atoms with Crippen LogP contribution >= 0.6 is 0 Å². The average molecular weight is 1770 g/mol. The van der Waals surface area contributed by atoms with E-state index < -0.39 is 24.3 Å². The Bertz CT molecular complexity index is 5640. The highest BCUT2D eigenvalue weighted by Crippen LogP contribution is 2.37. The molecule has 684 valence electrons. The molecule has 15 rings (SSSR count). The highest BCUT2D eigenvalue weighted by molar-refractivity contribution is 6.03. The highest BCUT2D eigenvalue weighted by atomic mass is 16.6. The van der Waals surface area contributed by atoms with Crippen molar-refractivity contribution in [2.24, 2.45) is 0 Å². The molecule has 5 aliphatic rings. The second kappa shape index (κ2) is 44.9. The predicted octanol–water partition coefficient (Wildman–Crippen LogP) is 16.9. The first-order chi connectivity index (χ1) is 63.2. The van der Waals surface area contributed by atoms with Crippen LogP contribution in [0.2, 0.25) is 0 Å². The first-order valence-corrected chi connectivity index (χ1v) is 45.6. The van der Waals surface area contributed by atoms with Crippen LogP contribution in [0, 0.1) is 6.92 Å². The Hall–Kier alpha value is -13.6. The molecule has 4 N–H and O–H groups in total. The number of ether oxygens (including phenoxy) is 5. The third kappa shape index (κ3) is 22.5. The number of carbonyl (C=O) groups is 9. The largest absolute Gasteiger partial charge is 0.475 e. The van der Waals surface area contributed by atoms with Gasteiger partial charge in [-0.25, -0.2) is 19.1 Å². The molecule has 0 aliphatic carbocycles. The van der Waals surface area contributed by atoms with E-state index in [0.717, 1.165) is 99.3 Å². The minimum absolute atomic E-state index is 0.142. The maximum atomic E-state index is 14.5. The predicted molar refractivity (Wildman–Crippen MR) is 495 cm³/mol. The molecule has 3 aromatic heterocycles. The van der Waals surface area contributed by atoms with Gasteiger partial charge in [0.15, 0.2) is 17.1 Å². The summed E-state index contributed by atoms with van der Waals surface area (Å²) in [6.45, 7) is 21.8. The van der Waals surface area contributed by atoms with E-state index in [1.807, 2.05) is 98.2 Å². The summed E-state index contributed by atoms with van der Waals surface area (Å²) in [5.41, 5.74) is 11.7. The summed E-state index contributed by atoms with van der Waals surface area (Å²) < 4.78 is 32.6. The van der Waals surface area contributed by atoms with Crippen molar-refractivity contribution in [3.05, 3.63) is 249 Å². The van der Waals surface area contributed by atoms with E-state index >= 15 is 0 Å². The number of rotatable bonds is 29. The molecule has 0 spiro atoms. The zero-order valence-corrected chi connectivity index (χ0v) is 75.8. The van der Waals surface area contributed by atoms with Crippen LogP contribution < -0.4 is 30.2 Å². The molecule has 0 saturated heterocycles. The molecule has 5 aliphatic heterocycles. The van der Waals surface area contributed by atoms with Crippen molar-refractivity contribution in [3.63, 3.8) is 0 Å². The molecule has 7 aromatic carbocycles. The smallest absolute Gasteiger partial charge is 0.417 e. The summed E-state index contributed by atoms with van der Waals surface area (Å²) in [6.07, 6.45) is 11.2. The summed E-state index contributed by atoms with van der Waals surface area (Å²) in [5.74, 6) is -0.0260. The van der Waals surface area contributed by atoms with Gasteiger partial charge < -0.3 is 58.2 Å². The molecule has 0 fully saturated rings. The Balaban J connectivity index is 0.000000167. The zero-order chi connectivity index (χ0) is 91.9. The van der Waals surface area contributed by atoms with Gasteiger partial charge in [-0.05, 0) is 178 Å². The number of anilines is 3. The molecule has 8 heterocycles. The number of nitrogens with one attached hydrogen (secondary N) is 3. The number of aromatic nitrogens is 6. The number of hydrogen-bond acceptors (Lipinski definition) is 18. The van der Waals surface area contributed by atoms with Gasteiger partial charge in [0.1, 0.15) is 19.0 Å². The lowest BCUT2D eigenvalue weighted by Crippen LogP contribution is -2.47. The van der Waals surface area contributed by atoms with Crippen molar-refractivity contribution < 1.29 is 71.9 Å². The van der Waals surface area contributed by atoms with E-state index in [4.69, 9.17) is 33.9 Å². The van der Waals surface area contributed by atoms with Crippen LogP contribution in [0.5, 0.6) is 17.5 Å². The van der Waals surface area contributed by atoms with Crippen molar-refractivity contribution in [3.8, 4) is 34.6 Å². The molecule has 30 nitrogen and oxygen atoms in total. The van der Waals surface area contributed by atoms with Gasteiger partial charge in [0.2, 0.25) is 11.8 Å². The number of aryl methyl sites for hydroxylation is 1. The molecule has 130 heavy (non-hydrogen) atoms. The first-order valence-electron chi connectivity index (χ1n) is 45.6. The molecule has 30 heteroatoms. The standard InChI is InChI=1S/C37H43N5O5.C32H39N5O5.C31H37N5O5/c1-4-6-19-40(20-7-5-2)36(45)33-21-26(3)42(39-33)34-18-17-29(38-37(46)47-31-15-9-8-10-16-31)23-32(34)35(44)41-24-28-14-12-11-13-27(28)22-30(41)25-43;1-4-7-15-35(16-8-5-2)31(39)27-19-29-37(34-27)28-14-13-24(33-32(40)41-6-3)18-26(28)30(38)36-20-23-12-10-9-11-22(23)17-25(36)21-42-29;1-4-6-14-34(15-7-5-2)30(38)26-18-28-36(33-26)27-13-12-23(32-31(39)40-3)17-25(27)29(37)35-19-22-11-9-8-10-21(22)16-24(35)20-41-28/h8-18,21,23,30,43H,4-7,19-20,22,24-25H2,1-3H3,(H,38,46);9-14,18-19,25H,4-8,15-17,20-21H2,1-3H3,(H,33,40);8-13,17-18,24H,4-7,14-16,19-20H2,1-3H3,(H,32,39)/t30-;25-;24-/m000/s1. The summed E-state index contributed by atoms with van der Waals surface area (Å²) in [5, 5.41) is 32.5. The lowest BCUT2D eigenvalue weighted by molar-refractivity contribution is 0.0542. The van der Waals surface area contributed by atoms with Crippen molar-refractivity contribution in [1.82, 2.24) is 58.7 Å². The number of unbranched alkanes of at least 4 members (excludes halogenated alkanes) is 6. The Labute approximate surface area is 759 Å². The summed E-state index contributed by atoms with van der Waals surface area (Å²) in [6, 6.07) is 52.0. The summed E-state index contributed by atoms with van der Waals surface area (Å²) in [4.78, 5) is 132. The van der Waals surface area contributed by atoms with Gasteiger partial charge in [-0.2, -0.15) is 24.7 Å². The normalized spacial score (nSPS) is 15.0. The fourth-order valence-electron chi connectivity index (χ4n) is 16.7. The number of hydrogen-bond donors (Lipinski definition) is 4. The minimum atomic E-state index is -0.704. The maximum absolute atomic E-state index is 14.5. The Morgan fingerprint density at radius 3 is 1.25 bits per heavy atom. The fraction of sp³-hybridized carbons (Fsp3) is 0.400. The minimum Gasteiger partial charge on any atom is -0.475 e. The Morgan fingerprint density at radius 1 is 0.438 bits per heavy atom. The average Bonchev–Trinajstić information content (AvgIpc) is 1.58. The van der Waals surface area contributed by atoms with Crippen LogP contribution in [0.4, 0.5) is 31.4 Å². The third-order valence-corrected chi connectivity index (χ3v) is 23.9. The molecule has 10 aromatic rings. The van der Waals surface area contributed by atoms with E-state index in [-0.39, 0.29) is 90.9 Å². The number of carbonyl (C=O) groups excluding carboxylic acids is 9. The van der Waals surface area contributed by atoms with Crippen molar-refractivity contribution in [2.45, 2.75) is 189 Å². The second-order valence-corrected chi connectivity index (χ2v) is 33.1. The quantitative estimate of drug-likeness (QED) is 0.0338. The number of amides is 9. The van der Waals surface area contributed by atoms with Gasteiger partial charge >= 0.3 is 18.3 Å². The lowest BCUT2D eigenvalue weighted by Gasteiger charge is -2.36. The Morgan fingerprint density at radius 2 is 0.823 bits per heavy atom. The Kier molecular flexibility index (Phi) is 32.4. The van der Waals surface area contributed by atoms with E-state index in [1.165, 1.54) is 27.6 Å². The van der Waals surface area contributed by atoms with Crippen LogP contribution in [0.3, 0.4) is 0 Å². The first kappa shape index (κ1) is 94.0. The van der Waals surface area contributed by atoms with Crippen molar-refractivity contribution in [1.29, 1.82) is 0 Å². The zero-order valence-electron chi connectivity index (χ0n) is 75.8. The molecule has 3 atom stereocenters. The molecule has 0 radical (unpaired) electrons. The van der Waals surface area contributed by atoms with Crippen LogP contribution in [-0.2, 0) is 48.4 Å². The SMILES string of the molecule is CCCCN(CCCC)C(=O)c1cc(C)n(-c2ccc(NC(=O)Oc3ccccc3)cc2C(=O)N2Cc3ccccc3C[C@H]2CO)n1.CCCCN(CCCC)C(=O)c1cc2n(n1)-c1ccc(NC(=O)OC)cc1C(=O)N1Cc3ccccc3C[C@H]1CO2.CCCCN(CCCC)C(=O)c1cc2n(n1)-c1ccc(NC(=O)OCC)cc1C(=O)N1Cc3ccccc3C[C@H]1CO2. The number of para-hydroxylation sites is 1. The molecular formula is C100H119N15O15. The number of nitrogens with zero attached hydrogens (tertiary/aromatic N) is 12. The van der Waals surface area contributed by atoms with E-state index in [2.05, 4.69) is 74.7 Å². The van der Waals surface area contributed by atoms with Crippen LogP contribution in [-0.4, -0.2) is 209 Å². The molecule has 0 bridgehead atoms. The van der Waals surface area contributed by atoms with Crippen LogP contribution in [0.15, 0.2) is 176 Å². The number of methoxy groups -OCH3 is 1. The van der Waals surface area contributed by atoms with Crippen LogP contribution in [0.25, 0.3) is 17.1 Å². The molecule has 0 unspecified atom stereocenters. The van der Waals surface area contributed by atoms with Gasteiger partial charge in [-0.1, -0.05) is 171 Å².